The highest BCUT2D eigenvalue weighted by Crippen LogP contribution is 2.41. The van der Waals surface area contributed by atoms with E-state index in [4.69, 9.17) is 23.7 Å². The number of anilines is 4. The van der Waals surface area contributed by atoms with E-state index in [1.807, 2.05) is 36.3 Å². The van der Waals surface area contributed by atoms with Crippen LogP contribution in [-0.4, -0.2) is 211 Å². The van der Waals surface area contributed by atoms with Gasteiger partial charge in [0.2, 0.25) is 18.3 Å². The maximum atomic E-state index is 14.6. The molecule has 16 aromatic rings. The molecule has 16 aromatic heterocycles. The maximum absolute atomic E-state index is 14.6. The Kier molecular flexibility index (Phi) is 30.9. The number of carbonyl (C=O) groups is 4. The molecule has 4 saturated carbocycles. The molecule has 4 aliphatic carbocycles. The van der Waals surface area contributed by atoms with Gasteiger partial charge in [0, 0.05) is 132 Å². The van der Waals surface area contributed by atoms with Crippen molar-refractivity contribution in [2.75, 3.05) is 47.6 Å². The van der Waals surface area contributed by atoms with Gasteiger partial charge in [-0.1, -0.05) is 0 Å². The lowest BCUT2D eigenvalue weighted by Crippen LogP contribution is -2.36. The van der Waals surface area contributed by atoms with Gasteiger partial charge in [-0.15, -0.1) is 55.5 Å². The SMILES string of the molecule is CCOC1CCC(n2cc(NC(=O)c3csc(-c4cn[nH]c4)n3)c(-c3nc(F)ccc3F)n2)CC1.CCOC1CCC(n2cc(NC(=O)c3csc(-c4cn[nH]c4)n3)c(-c3nc(F)ccc3F)n2)CC1.CCOC1CCC(n2cc(NC(=O)c3csc(-c4cn[nH]c4)n3)c(-c3nnco3)n2)CC1.O=C(Nc1cn(C2CCC(NCC(F)F)CC2)nc1-c1ncccn1)c1csc(-c2cn[nH]c2)n1. The minimum absolute atomic E-state index is 0.0414. The first-order valence-electron chi connectivity index (χ1n) is 44.3. The summed E-state index contributed by atoms with van der Waals surface area (Å²) in [6.07, 6.45) is 36.8. The predicted molar refractivity (Wildman–Crippen MR) is 494 cm³/mol. The predicted octanol–water partition coefficient (Wildman–Crippen LogP) is 17.0. The van der Waals surface area contributed by atoms with Gasteiger partial charge in [-0.05, 0) is 154 Å². The minimum atomic E-state index is -2.35. The van der Waals surface area contributed by atoms with Crippen molar-refractivity contribution >= 4 is 91.7 Å². The molecule has 0 aliphatic heterocycles. The van der Waals surface area contributed by atoms with Crippen LogP contribution in [0.25, 0.3) is 88.2 Å². The fraction of sp³-hybridized carbons (Fsp3) is 0.364. The summed E-state index contributed by atoms with van der Waals surface area (Å²) in [6.45, 7) is 7.74. The third-order valence-corrected chi connectivity index (χ3v) is 26.7. The van der Waals surface area contributed by atoms with E-state index >= 15 is 0 Å². The summed E-state index contributed by atoms with van der Waals surface area (Å²) in [5, 5.41) is 76.2. The van der Waals surface area contributed by atoms with E-state index in [2.05, 4.69) is 133 Å². The summed E-state index contributed by atoms with van der Waals surface area (Å²) in [4.78, 5) is 85.5. The monoisotopic (exact) mass is 1950 g/mol. The zero-order chi connectivity index (χ0) is 94.8. The minimum Gasteiger partial charge on any atom is -0.422 e. The Hall–Kier alpha value is -14.0. The van der Waals surface area contributed by atoms with E-state index < -0.39 is 41.8 Å². The van der Waals surface area contributed by atoms with Crippen LogP contribution >= 0.6 is 45.3 Å². The normalized spacial score (nSPS) is 18.2. The molecule has 0 atom stereocenters. The Morgan fingerprint density at radius 2 is 0.759 bits per heavy atom. The van der Waals surface area contributed by atoms with Crippen molar-refractivity contribution in [3.05, 3.63) is 191 Å². The zero-order valence-electron chi connectivity index (χ0n) is 73.7. The Morgan fingerprint density at radius 3 is 1.08 bits per heavy atom. The quantitative estimate of drug-likeness (QED) is 0.0155. The highest BCUT2D eigenvalue weighted by Gasteiger charge is 2.34. The van der Waals surface area contributed by atoms with Gasteiger partial charge in [0.1, 0.15) is 65.6 Å². The standard InChI is InChI=1S/2C23H23F2N7O2S.C22H23F2N9OS.C20H22N8O3S/c2*1-2-34-15-5-3-14(4-6-15)32-11-17(21(31-32)20-16(24)7-8-19(25)30-20)28-22(33)18-12-35-23(29-18)13-9-26-27-10-13;23-18(24)10-27-14-2-4-15(5-3-14)33-11-16(19(32-33)20-25-6-1-7-26-20)30-21(34)17-12-35-22(31-17)13-8-28-29-9-13;1-2-30-14-5-3-13(4-6-14)28-9-15(17(27-28)19-26-23-11-31-19)24-18(29)16-10-32-20(25-16)12-7-21-22-8-12/h2*7-12,14-15H,2-6H2,1H3,(H,26,27)(H,28,33);1,6-9,11-12,14-15,18,27H,2-5,10H2,(H,28,29)(H,30,34);7-11,13-14H,2-6H2,1H3,(H,21,22)(H,24,29). The molecule has 16 heterocycles. The van der Waals surface area contributed by atoms with E-state index in [1.54, 1.807) is 118 Å². The average molecular weight is 1950 g/mol. The van der Waals surface area contributed by atoms with E-state index in [9.17, 15) is 45.5 Å². The first kappa shape index (κ1) is 94.8. The van der Waals surface area contributed by atoms with Crippen molar-refractivity contribution in [2.45, 2.75) is 178 Å². The van der Waals surface area contributed by atoms with Gasteiger partial charge in [-0.25, -0.2) is 57.4 Å². The Labute approximate surface area is 792 Å². The fourth-order valence-corrected chi connectivity index (χ4v) is 19.5. The van der Waals surface area contributed by atoms with Gasteiger partial charge in [0.25, 0.3) is 35.9 Å². The number of pyridine rings is 2. The molecule has 0 bridgehead atoms. The molecule has 20 rings (SSSR count). The number of alkyl halides is 2. The number of thiazole rings is 4. The summed E-state index contributed by atoms with van der Waals surface area (Å²) >= 11 is 5.32. The van der Waals surface area contributed by atoms with E-state index in [1.165, 1.54) is 51.7 Å². The molecule has 39 nitrogen and oxygen atoms in total. The van der Waals surface area contributed by atoms with Gasteiger partial charge in [-0.3, -0.25) is 58.3 Å². The average Bonchev–Trinajstić information content (AvgIpc) is 1.65. The highest BCUT2D eigenvalue weighted by atomic mass is 32.1. The second-order valence-corrected chi connectivity index (χ2v) is 35.5. The summed E-state index contributed by atoms with van der Waals surface area (Å²) in [5.41, 5.74) is 6.08. The lowest BCUT2D eigenvalue weighted by molar-refractivity contribution is 0.0258. The van der Waals surface area contributed by atoms with Crippen LogP contribution in [0.1, 0.15) is 190 Å². The number of H-pyrrole nitrogens is 4. The van der Waals surface area contributed by atoms with Crippen LogP contribution in [0, 0.1) is 23.5 Å². The molecular weight excluding hydrogens is 1860 g/mol. The number of nitrogens with zero attached hydrogens (tertiary/aromatic N) is 22. The second kappa shape index (κ2) is 44.7. The van der Waals surface area contributed by atoms with Gasteiger partial charge in [0.15, 0.2) is 28.8 Å². The van der Waals surface area contributed by atoms with Crippen LogP contribution in [0.4, 0.5) is 49.1 Å². The molecule has 0 saturated heterocycles. The molecule has 712 valence electrons. The molecular formula is C88H91F6N31O8S4. The van der Waals surface area contributed by atoms with Crippen LogP contribution in [0.2, 0.25) is 0 Å². The van der Waals surface area contributed by atoms with Crippen molar-refractivity contribution in [1.82, 2.24) is 135 Å². The Bertz CT molecular complexity index is 6410. The summed E-state index contributed by atoms with van der Waals surface area (Å²) in [6, 6.07) is 6.02. The van der Waals surface area contributed by atoms with Crippen molar-refractivity contribution in [3.63, 3.8) is 0 Å². The summed E-state index contributed by atoms with van der Waals surface area (Å²) in [7, 11) is 0. The molecule has 4 fully saturated rings. The third-order valence-electron chi connectivity index (χ3n) is 23.2. The largest absolute Gasteiger partial charge is 0.422 e. The highest BCUT2D eigenvalue weighted by molar-refractivity contribution is 7.14. The van der Waals surface area contributed by atoms with Crippen LogP contribution in [-0.2, 0) is 14.2 Å². The lowest BCUT2D eigenvalue weighted by atomic mass is 9.91. The summed E-state index contributed by atoms with van der Waals surface area (Å²) in [5.74, 6) is -4.19. The molecule has 9 N–H and O–H groups in total. The van der Waals surface area contributed by atoms with E-state index in [-0.39, 0.29) is 118 Å². The van der Waals surface area contributed by atoms with Gasteiger partial charge < -0.3 is 45.2 Å². The molecule has 0 unspecified atom stereocenters. The van der Waals surface area contributed by atoms with E-state index in [0.717, 1.165) is 156 Å². The number of aromatic nitrogens is 26. The molecule has 0 radical (unpaired) electrons. The van der Waals surface area contributed by atoms with Gasteiger partial charge in [-0.2, -0.15) is 49.6 Å². The molecule has 4 aliphatic rings. The Morgan fingerprint density at radius 1 is 0.431 bits per heavy atom. The smallest absolute Gasteiger partial charge is 0.275 e. The van der Waals surface area contributed by atoms with Gasteiger partial charge >= 0.3 is 0 Å². The third kappa shape index (κ3) is 23.6. The number of amides is 4. The lowest BCUT2D eigenvalue weighted by Gasteiger charge is -2.29. The van der Waals surface area contributed by atoms with Crippen LogP contribution in [0.15, 0.2) is 149 Å². The summed E-state index contributed by atoms with van der Waals surface area (Å²) < 4.78 is 112. The number of aromatic amines is 4. The van der Waals surface area contributed by atoms with Gasteiger partial charge in [0.05, 0.1) is 96.6 Å². The maximum Gasteiger partial charge on any atom is 0.275 e. The topological polar surface area (TPSA) is 484 Å². The fourth-order valence-electron chi connectivity index (χ4n) is 16.4. The number of hydrogen-bond acceptors (Lipinski definition) is 31. The molecule has 4 amide bonds. The zero-order valence-corrected chi connectivity index (χ0v) is 77.0. The van der Waals surface area contributed by atoms with Crippen LogP contribution in [0.5, 0.6) is 0 Å². The Balaban J connectivity index is 0.000000127. The number of ether oxygens (including phenoxy) is 3. The van der Waals surface area contributed by atoms with Crippen LogP contribution in [0.3, 0.4) is 0 Å². The first-order chi connectivity index (χ1) is 66.8. The van der Waals surface area contributed by atoms with Crippen molar-refractivity contribution < 1.29 is 64.1 Å². The molecule has 0 spiro atoms. The second-order valence-electron chi connectivity index (χ2n) is 32.1. The van der Waals surface area contributed by atoms with Crippen LogP contribution < -0.4 is 26.6 Å². The van der Waals surface area contributed by atoms with E-state index in [0.29, 0.717) is 73.6 Å². The molecule has 0 aromatic carbocycles. The number of rotatable bonds is 29. The number of hydrogen-bond donors (Lipinski definition) is 9. The van der Waals surface area contributed by atoms with Crippen molar-refractivity contribution in [1.29, 1.82) is 0 Å². The van der Waals surface area contributed by atoms with Crippen molar-refractivity contribution in [2.24, 2.45) is 0 Å². The molecule has 137 heavy (non-hydrogen) atoms. The van der Waals surface area contributed by atoms with Crippen molar-refractivity contribution in [3.8, 4) is 88.2 Å². The first-order valence-corrected chi connectivity index (χ1v) is 47.8. The number of carbonyl (C=O) groups excluding carboxylic acids is 4. The molecule has 49 heteroatoms. The number of halogens is 6. The number of nitrogens with one attached hydrogen (secondary N) is 9.